The van der Waals surface area contributed by atoms with Gasteiger partial charge in [0.1, 0.15) is 0 Å². The molecule has 4 saturated heterocycles. The Balaban J connectivity index is 0.000000191. The SMILES string of the molecule is COc1cc2c(cc1OC)[C@H]1C[C@@H](OC3CCCCO3)[C@H](CC(C)(C)CCO)CN1CC2.COc1cc2c(cc1OC)[C@H]1C[C@@H](OC3CCCCO3)[C@H](CC(C)(C)CC[19F])CN1CC2. The van der Waals surface area contributed by atoms with E-state index in [1.807, 2.05) is 0 Å². The van der Waals surface area contributed by atoms with Gasteiger partial charge in [-0.25, -0.2) is 0 Å². The zero-order valence-electron chi connectivity index (χ0n) is 40.5. The number of hydrogen-bond acceptors (Lipinski definition) is 11. The van der Waals surface area contributed by atoms with Crippen molar-refractivity contribution in [1.82, 2.24) is 9.80 Å². The minimum Gasteiger partial charge on any atom is -0.493 e. The molecule has 0 spiro atoms. The Morgan fingerprint density at radius 3 is 1.42 bits per heavy atom. The van der Waals surface area contributed by atoms with Gasteiger partial charge in [-0.3, -0.25) is 14.2 Å². The standard InChI is InChI=1S/C26H40FNO4.C26H41NO5/c1-26(2,9-10-27)16-19-17-28-11-8-18-13-23(29-3)24(30-4)14-20(18)21(28)15-22(19)32-25-7-5-6-12-31-25;1-26(2,9-11-28)16-19-17-27-10-8-18-13-23(29-3)24(30-4)14-20(18)21(27)15-22(19)32-25-7-5-6-12-31-25/h13-14,19,21-22,25H,5-12,15-17H2,1-4H3;13-14,19,21-22,25,28H,5-12,15-17H2,1-4H3/t2*19-,21-,22-,25?/m11/s1/i27+0;. The van der Waals surface area contributed by atoms with Gasteiger partial charge in [-0.05, 0) is 159 Å². The number of alkyl halides is 1. The zero-order valence-corrected chi connectivity index (χ0v) is 40.5. The lowest BCUT2D eigenvalue weighted by Gasteiger charge is -2.49. The maximum Gasteiger partial charge on any atom is 0.161 e. The number of ether oxygens (including phenoxy) is 8. The summed E-state index contributed by atoms with van der Waals surface area (Å²) in [5.74, 6) is 3.99. The Kier molecular flexibility index (Phi) is 17.2. The van der Waals surface area contributed by atoms with Crippen LogP contribution in [0.25, 0.3) is 0 Å². The first-order valence-electron chi connectivity index (χ1n) is 24.6. The zero-order chi connectivity index (χ0) is 45.4. The molecule has 0 aliphatic carbocycles. The molecule has 1 N–H and O–H groups in total. The first kappa shape index (κ1) is 49.2. The summed E-state index contributed by atoms with van der Waals surface area (Å²) in [5.41, 5.74) is 5.42. The van der Waals surface area contributed by atoms with E-state index in [1.165, 1.54) is 28.7 Å². The van der Waals surface area contributed by atoms with E-state index in [-0.39, 0.29) is 48.9 Å². The molecule has 8 rings (SSSR count). The van der Waals surface area contributed by atoms with Gasteiger partial charge in [-0.2, -0.15) is 0 Å². The number of aliphatic hydroxyl groups is 1. The average Bonchev–Trinajstić information content (AvgIpc) is 3.29. The van der Waals surface area contributed by atoms with Gasteiger partial charge in [0, 0.05) is 58.1 Å². The van der Waals surface area contributed by atoms with Crippen LogP contribution in [0.3, 0.4) is 0 Å². The summed E-state index contributed by atoms with van der Waals surface area (Å²) in [6.45, 7) is 14.5. The van der Waals surface area contributed by atoms with E-state index in [2.05, 4.69) is 61.8 Å². The van der Waals surface area contributed by atoms with E-state index in [0.717, 1.165) is 139 Å². The van der Waals surface area contributed by atoms with Crippen molar-refractivity contribution >= 4 is 0 Å². The first-order chi connectivity index (χ1) is 30.9. The predicted molar refractivity (Wildman–Crippen MR) is 247 cm³/mol. The summed E-state index contributed by atoms with van der Waals surface area (Å²) in [4.78, 5) is 5.24. The Hall–Kier alpha value is -2.71. The van der Waals surface area contributed by atoms with Crippen LogP contribution in [0.1, 0.15) is 139 Å². The van der Waals surface area contributed by atoms with Gasteiger partial charge in [-0.1, -0.05) is 27.7 Å². The fourth-order valence-electron chi connectivity index (χ4n) is 11.7. The van der Waals surface area contributed by atoms with E-state index in [0.29, 0.717) is 30.3 Å². The van der Waals surface area contributed by atoms with Crippen molar-refractivity contribution in [2.75, 3.05) is 81.1 Å². The van der Waals surface area contributed by atoms with Gasteiger partial charge < -0.3 is 43.0 Å². The molecule has 4 fully saturated rings. The highest BCUT2D eigenvalue weighted by Crippen LogP contribution is 2.48. The maximum atomic E-state index is 13.2. The van der Waals surface area contributed by atoms with Gasteiger partial charge in [0.2, 0.25) is 0 Å². The van der Waals surface area contributed by atoms with E-state index in [9.17, 15) is 9.50 Å². The molecule has 2 aromatic carbocycles. The van der Waals surface area contributed by atoms with E-state index in [1.54, 1.807) is 28.4 Å². The lowest BCUT2D eigenvalue weighted by Crippen LogP contribution is -2.50. The molecule has 2 unspecified atom stereocenters. The van der Waals surface area contributed by atoms with Crippen molar-refractivity contribution in [3.63, 3.8) is 0 Å². The molecule has 0 amide bonds. The smallest absolute Gasteiger partial charge is 0.161 e. The topological polar surface area (TPSA) is 101 Å². The van der Waals surface area contributed by atoms with Crippen molar-refractivity contribution in [3.05, 3.63) is 46.5 Å². The van der Waals surface area contributed by atoms with Crippen LogP contribution in [0.5, 0.6) is 23.0 Å². The number of aliphatic hydroxyl groups excluding tert-OH is 1. The average molecular weight is 897 g/mol. The molecular weight excluding hydrogens is 816 g/mol. The highest BCUT2D eigenvalue weighted by molar-refractivity contribution is 5.50. The third-order valence-corrected chi connectivity index (χ3v) is 15.2. The van der Waals surface area contributed by atoms with Crippen LogP contribution in [0.2, 0.25) is 0 Å². The second kappa shape index (κ2) is 22.4. The first-order valence-corrected chi connectivity index (χ1v) is 24.6. The van der Waals surface area contributed by atoms with Gasteiger partial charge in [0.05, 0.1) is 47.3 Å². The molecule has 2 aromatic rings. The molecule has 6 aliphatic heterocycles. The largest absolute Gasteiger partial charge is 0.493 e. The second-order valence-electron chi connectivity index (χ2n) is 20.9. The number of fused-ring (bicyclic) bond motifs is 6. The summed E-state index contributed by atoms with van der Waals surface area (Å²) in [7, 11) is 6.79. The van der Waals surface area contributed by atoms with Crippen molar-refractivity contribution in [3.8, 4) is 23.0 Å². The minimum atomic E-state index is -0.266. The number of benzene rings is 2. The molecule has 0 bridgehead atoms. The number of methoxy groups -OCH3 is 4. The van der Waals surface area contributed by atoms with Crippen LogP contribution in [0.15, 0.2) is 24.3 Å². The van der Waals surface area contributed by atoms with E-state index in [4.69, 9.17) is 37.9 Å². The third kappa shape index (κ3) is 12.1. The Bertz CT molecular complexity index is 1650. The molecule has 0 aromatic heterocycles. The molecule has 0 radical (unpaired) electrons. The Morgan fingerprint density at radius 2 is 1.05 bits per heavy atom. The summed E-state index contributed by atoms with van der Waals surface area (Å²) < 4.78 is 60.8. The van der Waals surface area contributed by atoms with E-state index >= 15 is 0 Å². The summed E-state index contributed by atoms with van der Waals surface area (Å²) in [6.07, 6.45) is 13.9. The number of nitrogens with zero attached hydrogens (tertiary/aromatic N) is 2. The fraction of sp³-hybridized carbons (Fsp3) is 0.769. The number of rotatable bonds is 16. The summed E-state index contributed by atoms with van der Waals surface area (Å²) >= 11 is 0. The molecule has 12 heteroatoms. The normalized spacial score (nSPS) is 28.7. The van der Waals surface area contributed by atoms with Crippen LogP contribution < -0.4 is 18.9 Å². The highest BCUT2D eigenvalue weighted by atomic mass is 19.1. The van der Waals surface area contributed by atoms with Crippen LogP contribution in [0.4, 0.5) is 4.39 Å². The van der Waals surface area contributed by atoms with Crippen molar-refractivity contribution in [2.45, 2.75) is 154 Å². The Morgan fingerprint density at radius 1 is 0.625 bits per heavy atom. The maximum absolute atomic E-state index is 13.2. The third-order valence-electron chi connectivity index (χ3n) is 15.2. The lowest BCUT2D eigenvalue weighted by molar-refractivity contribution is -0.214. The summed E-state index contributed by atoms with van der Waals surface area (Å²) in [5, 5.41) is 9.56. The second-order valence-corrected chi connectivity index (χ2v) is 20.9. The molecule has 6 heterocycles. The fourth-order valence-corrected chi connectivity index (χ4v) is 11.7. The van der Waals surface area contributed by atoms with Gasteiger partial charge in [-0.15, -0.1) is 0 Å². The van der Waals surface area contributed by atoms with Crippen LogP contribution >= 0.6 is 0 Å². The molecule has 8 atom stereocenters. The molecule has 64 heavy (non-hydrogen) atoms. The van der Waals surface area contributed by atoms with Crippen LogP contribution in [0, 0.1) is 22.7 Å². The number of piperidine rings is 2. The lowest BCUT2D eigenvalue weighted by atomic mass is 9.73. The Labute approximate surface area is 383 Å². The van der Waals surface area contributed by atoms with Crippen molar-refractivity contribution in [2.24, 2.45) is 22.7 Å². The van der Waals surface area contributed by atoms with Gasteiger partial charge in [0.15, 0.2) is 35.6 Å². The molecule has 360 valence electrons. The monoisotopic (exact) mass is 897 g/mol. The van der Waals surface area contributed by atoms with E-state index < -0.39 is 0 Å². The summed E-state index contributed by atoms with van der Waals surface area (Å²) in [6, 6.07) is 9.25. The minimum absolute atomic E-state index is 0.0361. The molecule has 6 aliphatic rings. The predicted octanol–water partition coefficient (Wildman–Crippen LogP) is 9.64. The van der Waals surface area contributed by atoms with Crippen molar-refractivity contribution < 1.29 is 47.4 Å². The molecule has 0 saturated carbocycles. The van der Waals surface area contributed by atoms with Crippen LogP contribution in [-0.2, 0) is 31.8 Å². The number of halogens is 1. The highest BCUT2D eigenvalue weighted by Gasteiger charge is 2.44. The number of hydrogen-bond donors (Lipinski definition) is 1. The van der Waals surface area contributed by atoms with Crippen molar-refractivity contribution in [1.29, 1.82) is 0 Å². The van der Waals surface area contributed by atoms with Gasteiger partial charge >= 0.3 is 0 Å². The van der Waals surface area contributed by atoms with Crippen LogP contribution in [-0.4, -0.2) is 121 Å². The molecule has 11 nitrogen and oxygen atoms in total. The molecular formula is C52H81FN2O9. The van der Waals surface area contributed by atoms with Gasteiger partial charge in [0.25, 0.3) is 0 Å². The quantitative estimate of drug-likeness (QED) is 0.174.